The first-order valence-electron chi connectivity index (χ1n) is 5.47. The third-order valence-corrected chi connectivity index (χ3v) is 3.62. The zero-order chi connectivity index (χ0) is 11.5. The lowest BCUT2D eigenvalue weighted by Crippen LogP contribution is -2.40. The van der Waals surface area contributed by atoms with Crippen molar-refractivity contribution in [1.82, 2.24) is 0 Å². The number of rotatable bonds is 3. The van der Waals surface area contributed by atoms with Gasteiger partial charge in [-0.1, -0.05) is 32.6 Å². The summed E-state index contributed by atoms with van der Waals surface area (Å²) in [4.78, 5) is 22.3. The molecule has 86 valence electrons. The van der Waals surface area contributed by atoms with Gasteiger partial charge in [-0.2, -0.15) is 0 Å². The standard InChI is InChI=1S/C11H18O4/c1-8(9(12)13)11(10(14)15)6-4-2-3-5-7-11/h8H,2-7H2,1H3,(H,12,13)(H,14,15). The lowest BCUT2D eigenvalue weighted by molar-refractivity contribution is -0.163. The Labute approximate surface area is 89.3 Å². The molecular weight excluding hydrogens is 196 g/mol. The van der Waals surface area contributed by atoms with Crippen LogP contribution < -0.4 is 0 Å². The molecule has 0 aromatic heterocycles. The van der Waals surface area contributed by atoms with E-state index in [1.807, 2.05) is 0 Å². The molecule has 1 saturated carbocycles. The van der Waals surface area contributed by atoms with Crippen LogP contribution in [0.25, 0.3) is 0 Å². The summed E-state index contributed by atoms with van der Waals surface area (Å²) in [7, 11) is 0. The van der Waals surface area contributed by atoms with Gasteiger partial charge >= 0.3 is 11.9 Å². The highest BCUT2D eigenvalue weighted by Gasteiger charge is 2.46. The van der Waals surface area contributed by atoms with Crippen LogP contribution in [-0.2, 0) is 9.59 Å². The van der Waals surface area contributed by atoms with Crippen molar-refractivity contribution in [3.8, 4) is 0 Å². The molecule has 0 radical (unpaired) electrons. The fraction of sp³-hybridized carbons (Fsp3) is 0.818. The lowest BCUT2D eigenvalue weighted by Gasteiger charge is -2.31. The highest BCUT2D eigenvalue weighted by atomic mass is 16.4. The zero-order valence-electron chi connectivity index (χ0n) is 9.03. The van der Waals surface area contributed by atoms with Gasteiger partial charge in [0.2, 0.25) is 0 Å². The quantitative estimate of drug-likeness (QED) is 0.706. The van der Waals surface area contributed by atoms with Crippen LogP contribution in [0.3, 0.4) is 0 Å². The number of carbonyl (C=O) groups is 2. The monoisotopic (exact) mass is 214 g/mol. The molecule has 1 atom stereocenters. The second-order valence-corrected chi connectivity index (χ2v) is 4.44. The van der Waals surface area contributed by atoms with Crippen molar-refractivity contribution in [3.05, 3.63) is 0 Å². The number of carboxylic acids is 2. The maximum absolute atomic E-state index is 11.3. The lowest BCUT2D eigenvalue weighted by atomic mass is 9.70. The van der Waals surface area contributed by atoms with E-state index in [-0.39, 0.29) is 0 Å². The molecule has 4 heteroatoms. The van der Waals surface area contributed by atoms with E-state index in [2.05, 4.69) is 0 Å². The molecule has 15 heavy (non-hydrogen) atoms. The van der Waals surface area contributed by atoms with E-state index in [9.17, 15) is 14.7 Å². The molecular formula is C11H18O4. The van der Waals surface area contributed by atoms with Crippen molar-refractivity contribution in [2.24, 2.45) is 11.3 Å². The van der Waals surface area contributed by atoms with Crippen molar-refractivity contribution < 1.29 is 19.8 Å². The second kappa shape index (κ2) is 4.64. The minimum Gasteiger partial charge on any atom is -0.481 e. The van der Waals surface area contributed by atoms with Crippen LogP contribution in [0.4, 0.5) is 0 Å². The maximum atomic E-state index is 11.3. The van der Waals surface area contributed by atoms with E-state index in [0.717, 1.165) is 25.7 Å². The minimum absolute atomic E-state index is 0.496. The highest BCUT2D eigenvalue weighted by Crippen LogP contribution is 2.41. The summed E-state index contributed by atoms with van der Waals surface area (Å²) in [5.41, 5.74) is -1.04. The summed E-state index contributed by atoms with van der Waals surface area (Å²) >= 11 is 0. The zero-order valence-corrected chi connectivity index (χ0v) is 9.03. The van der Waals surface area contributed by atoms with Crippen molar-refractivity contribution in [1.29, 1.82) is 0 Å². The Kier molecular flexibility index (Phi) is 3.72. The van der Waals surface area contributed by atoms with Gasteiger partial charge in [0.05, 0.1) is 11.3 Å². The summed E-state index contributed by atoms with van der Waals surface area (Å²) in [6, 6.07) is 0. The molecule has 1 fully saturated rings. The van der Waals surface area contributed by atoms with Crippen LogP contribution in [0, 0.1) is 11.3 Å². The van der Waals surface area contributed by atoms with Crippen molar-refractivity contribution in [2.45, 2.75) is 45.4 Å². The van der Waals surface area contributed by atoms with Crippen molar-refractivity contribution in [3.63, 3.8) is 0 Å². The molecule has 0 bridgehead atoms. The molecule has 0 spiro atoms. The Balaban J connectivity index is 2.94. The highest BCUT2D eigenvalue weighted by molar-refractivity contribution is 5.83. The van der Waals surface area contributed by atoms with Crippen LogP contribution in [0.5, 0.6) is 0 Å². The second-order valence-electron chi connectivity index (χ2n) is 4.44. The molecule has 4 nitrogen and oxygen atoms in total. The summed E-state index contributed by atoms with van der Waals surface area (Å²) in [5.74, 6) is -2.74. The van der Waals surface area contributed by atoms with Crippen LogP contribution in [0.2, 0.25) is 0 Å². The normalized spacial score (nSPS) is 22.7. The predicted molar refractivity (Wildman–Crippen MR) is 54.6 cm³/mol. The van der Waals surface area contributed by atoms with Gasteiger partial charge in [0.25, 0.3) is 0 Å². The number of aliphatic carboxylic acids is 2. The van der Waals surface area contributed by atoms with Gasteiger partial charge in [-0.3, -0.25) is 9.59 Å². The first-order chi connectivity index (χ1) is 7.00. The van der Waals surface area contributed by atoms with E-state index in [1.54, 1.807) is 0 Å². The Morgan fingerprint density at radius 2 is 1.53 bits per heavy atom. The van der Waals surface area contributed by atoms with E-state index < -0.39 is 23.3 Å². The molecule has 1 rings (SSSR count). The Bertz CT molecular complexity index is 251. The van der Waals surface area contributed by atoms with Crippen LogP contribution >= 0.6 is 0 Å². The first-order valence-corrected chi connectivity index (χ1v) is 5.47. The molecule has 1 aliphatic carbocycles. The van der Waals surface area contributed by atoms with Gasteiger partial charge in [0, 0.05) is 0 Å². The minimum atomic E-state index is -1.04. The maximum Gasteiger partial charge on any atom is 0.310 e. The Morgan fingerprint density at radius 3 is 1.87 bits per heavy atom. The van der Waals surface area contributed by atoms with E-state index in [4.69, 9.17) is 5.11 Å². The molecule has 2 N–H and O–H groups in total. The van der Waals surface area contributed by atoms with Gasteiger partial charge < -0.3 is 10.2 Å². The fourth-order valence-electron chi connectivity index (χ4n) is 2.43. The molecule has 0 saturated heterocycles. The molecule has 0 aromatic rings. The number of carboxylic acid groups (broad SMARTS) is 2. The molecule has 1 aliphatic rings. The van der Waals surface area contributed by atoms with E-state index in [0.29, 0.717) is 12.8 Å². The number of hydrogen-bond donors (Lipinski definition) is 2. The molecule has 0 heterocycles. The Morgan fingerprint density at radius 1 is 1.07 bits per heavy atom. The van der Waals surface area contributed by atoms with E-state index in [1.165, 1.54) is 6.92 Å². The molecule has 0 aliphatic heterocycles. The van der Waals surface area contributed by atoms with Crippen molar-refractivity contribution >= 4 is 11.9 Å². The molecule has 0 amide bonds. The van der Waals surface area contributed by atoms with Crippen LogP contribution in [0.15, 0.2) is 0 Å². The third-order valence-electron chi connectivity index (χ3n) is 3.62. The fourth-order valence-corrected chi connectivity index (χ4v) is 2.43. The predicted octanol–water partition coefficient (Wildman–Crippen LogP) is 2.13. The van der Waals surface area contributed by atoms with Gasteiger partial charge in [0.15, 0.2) is 0 Å². The Hall–Kier alpha value is -1.06. The van der Waals surface area contributed by atoms with Crippen LogP contribution in [0.1, 0.15) is 45.4 Å². The summed E-state index contributed by atoms with van der Waals surface area (Å²) < 4.78 is 0. The SMILES string of the molecule is CC(C(=O)O)C1(C(=O)O)CCCCCC1. The smallest absolute Gasteiger partial charge is 0.310 e. The topological polar surface area (TPSA) is 74.6 Å². The van der Waals surface area contributed by atoms with Gasteiger partial charge in [-0.25, -0.2) is 0 Å². The third kappa shape index (κ3) is 2.30. The summed E-state index contributed by atoms with van der Waals surface area (Å²) in [6.07, 6.45) is 4.67. The first kappa shape index (κ1) is 12.0. The van der Waals surface area contributed by atoms with Crippen molar-refractivity contribution in [2.75, 3.05) is 0 Å². The van der Waals surface area contributed by atoms with Gasteiger partial charge in [-0.15, -0.1) is 0 Å². The van der Waals surface area contributed by atoms with Crippen LogP contribution in [-0.4, -0.2) is 22.2 Å². The summed E-state index contributed by atoms with van der Waals surface area (Å²) in [5, 5.41) is 18.2. The van der Waals surface area contributed by atoms with E-state index >= 15 is 0 Å². The molecule has 1 unspecified atom stereocenters. The summed E-state index contributed by atoms with van der Waals surface area (Å²) in [6.45, 7) is 1.52. The van der Waals surface area contributed by atoms with Gasteiger partial charge in [-0.05, 0) is 12.8 Å². The van der Waals surface area contributed by atoms with Gasteiger partial charge in [0.1, 0.15) is 0 Å². The largest absolute Gasteiger partial charge is 0.481 e. The average molecular weight is 214 g/mol. The molecule has 0 aromatic carbocycles. The average Bonchev–Trinajstić information content (AvgIpc) is 2.42. The number of hydrogen-bond acceptors (Lipinski definition) is 2.